The van der Waals surface area contributed by atoms with Crippen molar-refractivity contribution in [1.82, 2.24) is 4.98 Å². The van der Waals surface area contributed by atoms with Crippen molar-refractivity contribution in [2.24, 2.45) is 5.10 Å². The number of halogens is 2. The molecule has 0 atom stereocenters. The van der Waals surface area contributed by atoms with E-state index in [0.717, 1.165) is 16.4 Å². The van der Waals surface area contributed by atoms with Gasteiger partial charge in [0.15, 0.2) is 0 Å². The highest BCUT2D eigenvalue weighted by molar-refractivity contribution is 7.13. The summed E-state index contributed by atoms with van der Waals surface area (Å²) in [5.41, 5.74) is 4.70. The largest absolute Gasteiger partial charge is 0.253 e. The lowest BCUT2D eigenvalue weighted by atomic mass is 10.2. The Morgan fingerprint density at radius 2 is 2.18 bits per heavy atom. The van der Waals surface area contributed by atoms with E-state index in [9.17, 15) is 0 Å². The van der Waals surface area contributed by atoms with Gasteiger partial charge in [0.25, 0.3) is 0 Å². The maximum absolute atomic E-state index is 5.89. The van der Waals surface area contributed by atoms with E-state index in [1.165, 1.54) is 11.3 Å². The average Bonchev–Trinajstić information content (AvgIpc) is 2.70. The lowest BCUT2D eigenvalue weighted by Crippen LogP contribution is -1.90. The molecule has 0 saturated heterocycles. The molecule has 1 aromatic heterocycles. The summed E-state index contributed by atoms with van der Waals surface area (Å²) in [5.74, 6) is 0. The maximum atomic E-state index is 5.89. The van der Waals surface area contributed by atoms with Crippen molar-refractivity contribution in [2.75, 3.05) is 5.43 Å². The molecular formula is C11H9Cl2N3S. The van der Waals surface area contributed by atoms with Crippen LogP contribution in [0, 0.1) is 6.92 Å². The van der Waals surface area contributed by atoms with Crippen LogP contribution in [0.25, 0.3) is 0 Å². The Kier molecular flexibility index (Phi) is 3.99. The van der Waals surface area contributed by atoms with Crippen LogP contribution in [0.4, 0.5) is 5.13 Å². The fourth-order valence-corrected chi connectivity index (χ4v) is 2.10. The summed E-state index contributed by atoms with van der Waals surface area (Å²) in [6.07, 6.45) is 1.67. The molecule has 0 saturated carbocycles. The van der Waals surface area contributed by atoms with E-state index in [1.807, 2.05) is 18.4 Å². The molecule has 0 aliphatic heterocycles. The number of thiazole rings is 1. The average molecular weight is 286 g/mol. The van der Waals surface area contributed by atoms with Crippen LogP contribution in [0.3, 0.4) is 0 Å². The molecule has 0 unspecified atom stereocenters. The van der Waals surface area contributed by atoms with Gasteiger partial charge in [-0.05, 0) is 24.6 Å². The predicted molar refractivity (Wildman–Crippen MR) is 74.5 cm³/mol. The molecule has 0 aliphatic carbocycles. The number of rotatable bonds is 3. The molecule has 0 amide bonds. The third-order valence-corrected chi connectivity index (χ3v) is 3.54. The predicted octanol–water partition coefficient (Wildman–Crippen LogP) is 4.20. The maximum Gasteiger partial charge on any atom is 0.203 e. The second kappa shape index (κ2) is 5.49. The van der Waals surface area contributed by atoms with Crippen LogP contribution in [0.2, 0.25) is 10.0 Å². The lowest BCUT2D eigenvalue weighted by Gasteiger charge is -1.97. The number of hydrogen-bond acceptors (Lipinski definition) is 4. The molecule has 2 rings (SSSR count). The molecule has 17 heavy (non-hydrogen) atoms. The normalized spacial score (nSPS) is 11.0. The van der Waals surface area contributed by atoms with Gasteiger partial charge in [0.2, 0.25) is 5.13 Å². The number of nitrogens with zero attached hydrogens (tertiary/aromatic N) is 2. The first-order valence-electron chi connectivity index (χ1n) is 4.81. The van der Waals surface area contributed by atoms with Crippen molar-refractivity contribution in [3.63, 3.8) is 0 Å². The quantitative estimate of drug-likeness (QED) is 0.678. The molecule has 0 spiro atoms. The Labute approximate surface area is 113 Å². The van der Waals surface area contributed by atoms with E-state index in [4.69, 9.17) is 23.2 Å². The number of hydrogen-bond donors (Lipinski definition) is 1. The Hall–Kier alpha value is -1.10. The Balaban J connectivity index is 2.03. The van der Waals surface area contributed by atoms with Crippen LogP contribution in [0.15, 0.2) is 28.7 Å². The zero-order chi connectivity index (χ0) is 12.3. The number of aromatic nitrogens is 1. The van der Waals surface area contributed by atoms with Crippen molar-refractivity contribution in [3.8, 4) is 0 Å². The van der Waals surface area contributed by atoms with Crippen molar-refractivity contribution in [1.29, 1.82) is 0 Å². The summed E-state index contributed by atoms with van der Waals surface area (Å²) in [6, 6.07) is 5.33. The van der Waals surface area contributed by atoms with Crippen molar-refractivity contribution < 1.29 is 0 Å². The molecule has 2 aromatic rings. The first kappa shape index (κ1) is 12.4. The van der Waals surface area contributed by atoms with Gasteiger partial charge < -0.3 is 0 Å². The topological polar surface area (TPSA) is 37.3 Å². The van der Waals surface area contributed by atoms with Crippen LogP contribution >= 0.6 is 34.5 Å². The number of anilines is 1. The van der Waals surface area contributed by atoms with Gasteiger partial charge in [0.1, 0.15) is 0 Å². The SMILES string of the molecule is Cc1csc(NN=Cc2ccc(Cl)c(Cl)c2)n1. The van der Waals surface area contributed by atoms with Gasteiger partial charge in [-0.3, -0.25) is 5.43 Å². The summed E-state index contributed by atoms with van der Waals surface area (Å²) in [4.78, 5) is 4.22. The summed E-state index contributed by atoms with van der Waals surface area (Å²) >= 11 is 13.2. The molecular weight excluding hydrogens is 277 g/mol. The molecule has 0 aliphatic rings. The third kappa shape index (κ3) is 3.43. The Morgan fingerprint density at radius 1 is 1.35 bits per heavy atom. The molecule has 0 radical (unpaired) electrons. The number of hydrazone groups is 1. The first-order valence-corrected chi connectivity index (χ1v) is 6.45. The molecule has 3 nitrogen and oxygen atoms in total. The summed E-state index contributed by atoms with van der Waals surface area (Å²) < 4.78 is 0. The summed E-state index contributed by atoms with van der Waals surface area (Å²) in [6.45, 7) is 1.93. The molecule has 1 N–H and O–H groups in total. The van der Waals surface area contributed by atoms with Crippen molar-refractivity contribution in [2.45, 2.75) is 6.92 Å². The molecule has 88 valence electrons. The van der Waals surface area contributed by atoms with E-state index in [2.05, 4.69) is 15.5 Å². The second-order valence-electron chi connectivity index (χ2n) is 3.34. The van der Waals surface area contributed by atoms with E-state index in [-0.39, 0.29) is 0 Å². The van der Waals surface area contributed by atoms with E-state index < -0.39 is 0 Å². The molecule has 0 fully saturated rings. The minimum absolute atomic E-state index is 0.515. The van der Waals surface area contributed by atoms with Crippen LogP contribution in [0.5, 0.6) is 0 Å². The summed E-state index contributed by atoms with van der Waals surface area (Å²) in [7, 11) is 0. The monoisotopic (exact) mass is 285 g/mol. The van der Waals surface area contributed by atoms with E-state index in [0.29, 0.717) is 10.0 Å². The van der Waals surface area contributed by atoms with Gasteiger partial charge in [-0.15, -0.1) is 11.3 Å². The van der Waals surface area contributed by atoms with E-state index in [1.54, 1.807) is 18.3 Å². The minimum Gasteiger partial charge on any atom is -0.253 e. The van der Waals surface area contributed by atoms with Gasteiger partial charge >= 0.3 is 0 Å². The number of benzene rings is 1. The van der Waals surface area contributed by atoms with Crippen LogP contribution in [0.1, 0.15) is 11.3 Å². The zero-order valence-corrected chi connectivity index (χ0v) is 11.3. The smallest absolute Gasteiger partial charge is 0.203 e. The highest BCUT2D eigenvalue weighted by Crippen LogP contribution is 2.21. The molecule has 6 heteroatoms. The van der Waals surface area contributed by atoms with Crippen LogP contribution in [-0.4, -0.2) is 11.2 Å². The van der Waals surface area contributed by atoms with Crippen molar-refractivity contribution >= 4 is 45.9 Å². The van der Waals surface area contributed by atoms with Gasteiger partial charge in [-0.25, -0.2) is 4.98 Å². The van der Waals surface area contributed by atoms with Crippen molar-refractivity contribution in [3.05, 3.63) is 44.9 Å². The highest BCUT2D eigenvalue weighted by atomic mass is 35.5. The second-order valence-corrected chi connectivity index (χ2v) is 5.01. The first-order chi connectivity index (χ1) is 8.15. The van der Waals surface area contributed by atoms with Gasteiger partial charge in [-0.1, -0.05) is 29.3 Å². The fourth-order valence-electron chi connectivity index (χ4n) is 1.16. The Bertz CT molecular complexity index is 551. The number of nitrogens with one attached hydrogen (secondary N) is 1. The lowest BCUT2D eigenvalue weighted by molar-refractivity contribution is 1.22. The zero-order valence-electron chi connectivity index (χ0n) is 8.95. The Morgan fingerprint density at radius 3 is 2.82 bits per heavy atom. The van der Waals surface area contributed by atoms with Gasteiger partial charge in [-0.2, -0.15) is 5.10 Å². The van der Waals surface area contributed by atoms with Gasteiger partial charge in [0, 0.05) is 5.38 Å². The van der Waals surface area contributed by atoms with Crippen LogP contribution < -0.4 is 5.43 Å². The van der Waals surface area contributed by atoms with Crippen LogP contribution in [-0.2, 0) is 0 Å². The molecule has 0 bridgehead atoms. The number of aryl methyl sites for hydroxylation is 1. The summed E-state index contributed by atoms with van der Waals surface area (Å²) in [5, 5.41) is 7.83. The molecule has 1 heterocycles. The standard InChI is InChI=1S/C11H9Cl2N3S/c1-7-6-17-11(15-7)16-14-5-8-2-3-9(12)10(13)4-8/h2-6H,1H3,(H,15,16). The molecule has 1 aromatic carbocycles. The highest BCUT2D eigenvalue weighted by Gasteiger charge is 1.97. The fraction of sp³-hybridized carbons (Fsp3) is 0.0909. The van der Waals surface area contributed by atoms with E-state index >= 15 is 0 Å². The third-order valence-electron chi connectivity index (χ3n) is 1.94. The van der Waals surface area contributed by atoms with Gasteiger partial charge in [0.05, 0.1) is 22.0 Å². The minimum atomic E-state index is 0.515.